The van der Waals surface area contributed by atoms with E-state index in [9.17, 15) is 9.90 Å². The first-order chi connectivity index (χ1) is 6.63. The lowest BCUT2D eigenvalue weighted by Crippen LogP contribution is -2.07. The summed E-state index contributed by atoms with van der Waals surface area (Å²) < 4.78 is 0. The Hall–Kier alpha value is -1.77. The molecule has 2 N–H and O–H groups in total. The van der Waals surface area contributed by atoms with Gasteiger partial charge in [0.2, 0.25) is 5.91 Å². The van der Waals surface area contributed by atoms with Crippen LogP contribution in [0.5, 0.6) is 5.75 Å². The summed E-state index contributed by atoms with van der Waals surface area (Å²) in [5.41, 5.74) is 1.57. The van der Waals surface area contributed by atoms with Crippen molar-refractivity contribution < 1.29 is 9.90 Å². The van der Waals surface area contributed by atoms with Gasteiger partial charge in [-0.05, 0) is 18.1 Å². The van der Waals surface area contributed by atoms with E-state index < -0.39 is 0 Å². The van der Waals surface area contributed by atoms with E-state index in [2.05, 4.69) is 11.9 Å². The summed E-state index contributed by atoms with van der Waals surface area (Å²) in [7, 11) is 0. The highest BCUT2D eigenvalue weighted by atomic mass is 16.3. The van der Waals surface area contributed by atoms with Gasteiger partial charge in [-0.2, -0.15) is 0 Å². The van der Waals surface area contributed by atoms with Crippen LogP contribution in [0.25, 0.3) is 0 Å². The standard InChI is InChI=1S/C11H13NO2/c1-3-4-9-5-6-10(14)7-11(9)12-8(2)13/h3,5-7,14H,1,4H2,2H3,(H,12,13). The first kappa shape index (κ1) is 10.3. The number of hydrogen-bond donors (Lipinski definition) is 2. The third-order valence-corrected chi connectivity index (χ3v) is 1.77. The van der Waals surface area contributed by atoms with Crippen LogP contribution in [-0.4, -0.2) is 11.0 Å². The van der Waals surface area contributed by atoms with Gasteiger partial charge in [-0.3, -0.25) is 4.79 Å². The van der Waals surface area contributed by atoms with Gasteiger partial charge >= 0.3 is 0 Å². The number of anilines is 1. The fourth-order valence-electron chi connectivity index (χ4n) is 1.20. The van der Waals surface area contributed by atoms with Gasteiger partial charge in [0.25, 0.3) is 0 Å². The number of amides is 1. The maximum Gasteiger partial charge on any atom is 0.221 e. The Morgan fingerprint density at radius 3 is 2.93 bits per heavy atom. The Morgan fingerprint density at radius 2 is 2.36 bits per heavy atom. The molecule has 3 nitrogen and oxygen atoms in total. The predicted molar refractivity (Wildman–Crippen MR) is 56.3 cm³/mol. The first-order valence-corrected chi connectivity index (χ1v) is 4.34. The van der Waals surface area contributed by atoms with Crippen molar-refractivity contribution >= 4 is 11.6 Å². The second-order valence-electron chi connectivity index (χ2n) is 3.02. The highest BCUT2D eigenvalue weighted by Gasteiger charge is 2.03. The Bertz CT molecular complexity index is 358. The van der Waals surface area contributed by atoms with Gasteiger partial charge in [0.15, 0.2) is 0 Å². The third-order valence-electron chi connectivity index (χ3n) is 1.77. The summed E-state index contributed by atoms with van der Waals surface area (Å²) in [6.45, 7) is 5.06. The molecule has 1 rings (SSSR count). The van der Waals surface area contributed by atoms with Crippen molar-refractivity contribution in [2.24, 2.45) is 0 Å². The van der Waals surface area contributed by atoms with E-state index in [0.29, 0.717) is 12.1 Å². The number of carbonyl (C=O) groups is 1. The summed E-state index contributed by atoms with van der Waals surface area (Å²) in [4.78, 5) is 10.9. The summed E-state index contributed by atoms with van der Waals surface area (Å²) in [6, 6.07) is 4.88. The number of nitrogens with one attached hydrogen (secondary N) is 1. The van der Waals surface area contributed by atoms with Gasteiger partial charge in [-0.1, -0.05) is 12.1 Å². The van der Waals surface area contributed by atoms with Crippen molar-refractivity contribution in [2.45, 2.75) is 13.3 Å². The molecule has 0 heterocycles. The topological polar surface area (TPSA) is 49.3 Å². The van der Waals surface area contributed by atoms with Gasteiger partial charge in [0.1, 0.15) is 5.75 Å². The van der Waals surface area contributed by atoms with E-state index >= 15 is 0 Å². The molecule has 0 unspecified atom stereocenters. The van der Waals surface area contributed by atoms with Crippen LogP contribution in [0.3, 0.4) is 0 Å². The number of allylic oxidation sites excluding steroid dienone is 1. The second-order valence-corrected chi connectivity index (χ2v) is 3.02. The molecule has 1 aromatic rings. The van der Waals surface area contributed by atoms with Crippen molar-refractivity contribution in [2.75, 3.05) is 5.32 Å². The third kappa shape index (κ3) is 2.62. The minimum absolute atomic E-state index is 0.140. The molecule has 0 spiro atoms. The molecule has 74 valence electrons. The summed E-state index contributed by atoms with van der Waals surface area (Å²) in [5.74, 6) is -0.0116. The van der Waals surface area contributed by atoms with Crippen LogP contribution in [0, 0.1) is 0 Å². The molecule has 0 saturated heterocycles. The molecule has 0 fully saturated rings. The molecule has 1 aromatic carbocycles. The van der Waals surface area contributed by atoms with E-state index in [1.165, 1.54) is 13.0 Å². The van der Waals surface area contributed by atoms with Crippen LogP contribution in [0.4, 0.5) is 5.69 Å². The van der Waals surface area contributed by atoms with Gasteiger partial charge in [0, 0.05) is 18.7 Å². The fraction of sp³-hybridized carbons (Fsp3) is 0.182. The number of aromatic hydroxyl groups is 1. The van der Waals surface area contributed by atoms with Crippen molar-refractivity contribution in [3.63, 3.8) is 0 Å². The highest BCUT2D eigenvalue weighted by Crippen LogP contribution is 2.22. The molecule has 0 aliphatic carbocycles. The van der Waals surface area contributed by atoms with Gasteiger partial charge in [-0.15, -0.1) is 6.58 Å². The van der Waals surface area contributed by atoms with Gasteiger partial charge in [-0.25, -0.2) is 0 Å². The van der Waals surface area contributed by atoms with E-state index in [4.69, 9.17) is 0 Å². The van der Waals surface area contributed by atoms with Crippen LogP contribution in [0.1, 0.15) is 12.5 Å². The molecule has 0 aromatic heterocycles. The minimum atomic E-state index is -0.152. The Balaban J connectivity index is 3.01. The van der Waals surface area contributed by atoms with Crippen LogP contribution >= 0.6 is 0 Å². The largest absolute Gasteiger partial charge is 0.508 e. The number of hydrogen-bond acceptors (Lipinski definition) is 2. The lowest BCUT2D eigenvalue weighted by Gasteiger charge is -2.08. The maximum atomic E-state index is 10.9. The molecule has 3 heteroatoms. The van der Waals surface area contributed by atoms with Crippen molar-refractivity contribution in [3.8, 4) is 5.75 Å². The average molecular weight is 191 g/mol. The Kier molecular flexibility index (Phi) is 3.29. The predicted octanol–water partition coefficient (Wildman–Crippen LogP) is 2.08. The quantitative estimate of drug-likeness (QED) is 0.718. The average Bonchev–Trinajstić information content (AvgIpc) is 2.09. The number of phenols is 1. The van der Waals surface area contributed by atoms with Gasteiger partial charge in [0.05, 0.1) is 0 Å². The van der Waals surface area contributed by atoms with Crippen molar-refractivity contribution in [3.05, 3.63) is 36.4 Å². The maximum absolute atomic E-state index is 10.9. The second kappa shape index (κ2) is 4.46. The number of rotatable bonds is 3. The molecule has 0 atom stereocenters. The number of benzene rings is 1. The molecule has 14 heavy (non-hydrogen) atoms. The van der Waals surface area contributed by atoms with E-state index in [-0.39, 0.29) is 11.7 Å². The van der Waals surface area contributed by atoms with Crippen LogP contribution in [0.2, 0.25) is 0 Å². The molecule has 0 saturated carbocycles. The molecule has 0 radical (unpaired) electrons. The minimum Gasteiger partial charge on any atom is -0.508 e. The molecule has 0 aliphatic rings. The van der Waals surface area contributed by atoms with E-state index in [1.54, 1.807) is 18.2 Å². The zero-order chi connectivity index (χ0) is 10.6. The van der Waals surface area contributed by atoms with Crippen LogP contribution in [-0.2, 0) is 11.2 Å². The van der Waals surface area contributed by atoms with Crippen molar-refractivity contribution in [1.29, 1.82) is 0 Å². The monoisotopic (exact) mass is 191 g/mol. The molecule has 1 amide bonds. The zero-order valence-electron chi connectivity index (χ0n) is 8.08. The zero-order valence-corrected chi connectivity index (χ0v) is 8.08. The van der Waals surface area contributed by atoms with Crippen LogP contribution < -0.4 is 5.32 Å². The normalized spacial score (nSPS) is 9.50. The summed E-state index contributed by atoms with van der Waals surface area (Å²) >= 11 is 0. The Morgan fingerprint density at radius 1 is 1.64 bits per heavy atom. The van der Waals surface area contributed by atoms with E-state index in [0.717, 1.165) is 5.56 Å². The highest BCUT2D eigenvalue weighted by molar-refractivity contribution is 5.89. The lowest BCUT2D eigenvalue weighted by molar-refractivity contribution is -0.114. The molecule has 0 aliphatic heterocycles. The first-order valence-electron chi connectivity index (χ1n) is 4.34. The molecular weight excluding hydrogens is 178 g/mol. The summed E-state index contributed by atoms with van der Waals surface area (Å²) in [6.07, 6.45) is 2.41. The molecular formula is C11H13NO2. The summed E-state index contributed by atoms with van der Waals surface area (Å²) in [5, 5.41) is 11.9. The number of carbonyl (C=O) groups excluding carboxylic acids is 1. The SMILES string of the molecule is C=CCc1ccc(O)cc1NC(C)=O. The molecule has 0 bridgehead atoms. The number of phenolic OH excluding ortho intramolecular Hbond substituents is 1. The Labute approximate surface area is 83.1 Å². The fourth-order valence-corrected chi connectivity index (χ4v) is 1.20. The van der Waals surface area contributed by atoms with Crippen LogP contribution in [0.15, 0.2) is 30.9 Å². The van der Waals surface area contributed by atoms with E-state index in [1.807, 2.05) is 0 Å². The smallest absolute Gasteiger partial charge is 0.221 e. The van der Waals surface area contributed by atoms with Crippen molar-refractivity contribution in [1.82, 2.24) is 0 Å². The lowest BCUT2D eigenvalue weighted by atomic mass is 10.1. The van der Waals surface area contributed by atoms with Gasteiger partial charge < -0.3 is 10.4 Å².